The van der Waals surface area contributed by atoms with Crippen molar-refractivity contribution in [3.63, 3.8) is 0 Å². The van der Waals surface area contributed by atoms with Gasteiger partial charge in [0.2, 0.25) is 0 Å². The number of alkyl halides is 3. The Morgan fingerprint density at radius 3 is 2.24 bits per heavy atom. The SMILES string of the molecule is CCCC[C@H](Cc1ccc(OC)cc1)[C@@](O)(C(=O)OCC)C(F)(F)F. The third kappa shape index (κ3) is 5.11. The number of carbonyl (C=O) groups excluding carboxylic acids is 1. The number of aliphatic hydroxyl groups is 1. The second-order valence-corrected chi connectivity index (χ2v) is 5.88. The largest absolute Gasteiger partial charge is 0.497 e. The van der Waals surface area contributed by atoms with E-state index in [4.69, 9.17) is 4.74 Å². The number of esters is 1. The van der Waals surface area contributed by atoms with Crippen LogP contribution >= 0.6 is 0 Å². The molecule has 1 aromatic carbocycles. The lowest BCUT2D eigenvalue weighted by Gasteiger charge is -2.35. The minimum atomic E-state index is -5.12. The first-order valence-electron chi connectivity index (χ1n) is 8.29. The van der Waals surface area contributed by atoms with Crippen LogP contribution in [0.2, 0.25) is 0 Å². The Morgan fingerprint density at radius 1 is 1.20 bits per heavy atom. The Balaban J connectivity index is 3.19. The van der Waals surface area contributed by atoms with Crippen molar-refractivity contribution in [3.05, 3.63) is 29.8 Å². The van der Waals surface area contributed by atoms with Crippen LogP contribution in [0.5, 0.6) is 5.75 Å². The number of hydrogen-bond acceptors (Lipinski definition) is 4. The van der Waals surface area contributed by atoms with E-state index in [1.54, 1.807) is 24.3 Å². The third-order valence-corrected chi connectivity index (χ3v) is 4.16. The molecule has 1 rings (SSSR count). The number of halogens is 3. The summed E-state index contributed by atoms with van der Waals surface area (Å²) in [6.07, 6.45) is -4.06. The van der Waals surface area contributed by atoms with Crippen LogP contribution in [0.25, 0.3) is 0 Å². The van der Waals surface area contributed by atoms with Crippen LogP contribution in [-0.2, 0) is 16.0 Å². The van der Waals surface area contributed by atoms with Crippen molar-refractivity contribution in [2.45, 2.75) is 51.3 Å². The number of ether oxygens (including phenoxy) is 2. The fourth-order valence-corrected chi connectivity index (χ4v) is 2.71. The van der Waals surface area contributed by atoms with E-state index in [2.05, 4.69) is 4.74 Å². The summed E-state index contributed by atoms with van der Waals surface area (Å²) in [5, 5.41) is 10.4. The first-order chi connectivity index (χ1) is 11.7. The molecule has 0 unspecified atom stereocenters. The molecule has 25 heavy (non-hydrogen) atoms. The summed E-state index contributed by atoms with van der Waals surface area (Å²) in [5.41, 5.74) is -2.95. The highest BCUT2D eigenvalue weighted by Crippen LogP contribution is 2.41. The summed E-state index contributed by atoms with van der Waals surface area (Å²) < 4.78 is 50.4. The molecular weight excluding hydrogens is 337 g/mol. The fourth-order valence-electron chi connectivity index (χ4n) is 2.71. The molecule has 0 aromatic heterocycles. The first kappa shape index (κ1) is 21.3. The lowest BCUT2D eigenvalue weighted by molar-refractivity contribution is -0.279. The smallest absolute Gasteiger partial charge is 0.428 e. The molecule has 0 aliphatic rings. The van der Waals surface area contributed by atoms with Crippen LogP contribution in [-0.4, -0.2) is 36.6 Å². The zero-order valence-electron chi connectivity index (χ0n) is 14.7. The van der Waals surface area contributed by atoms with Gasteiger partial charge in [0.25, 0.3) is 5.60 Å². The van der Waals surface area contributed by atoms with Gasteiger partial charge in [-0.15, -0.1) is 0 Å². The van der Waals surface area contributed by atoms with Crippen LogP contribution in [0.1, 0.15) is 38.7 Å². The van der Waals surface area contributed by atoms with Gasteiger partial charge in [-0.05, 0) is 37.5 Å². The summed E-state index contributed by atoms with van der Waals surface area (Å²) in [5.74, 6) is -2.40. The molecular formula is C18H25F3O4. The molecule has 0 saturated carbocycles. The molecule has 1 aromatic rings. The quantitative estimate of drug-likeness (QED) is 0.677. The van der Waals surface area contributed by atoms with Crippen LogP contribution in [0, 0.1) is 5.92 Å². The summed E-state index contributed by atoms with van der Waals surface area (Å²) in [7, 11) is 1.49. The van der Waals surface area contributed by atoms with E-state index < -0.39 is 23.7 Å². The maximum Gasteiger partial charge on any atom is 0.428 e. The van der Waals surface area contributed by atoms with Crippen molar-refractivity contribution >= 4 is 5.97 Å². The van der Waals surface area contributed by atoms with Crippen molar-refractivity contribution in [3.8, 4) is 5.75 Å². The maximum absolute atomic E-state index is 13.6. The molecule has 0 heterocycles. The van der Waals surface area contributed by atoms with Gasteiger partial charge >= 0.3 is 12.1 Å². The average molecular weight is 362 g/mol. The van der Waals surface area contributed by atoms with Gasteiger partial charge in [0, 0.05) is 5.92 Å². The number of unbranched alkanes of at least 4 members (excludes halogenated alkanes) is 1. The highest BCUT2D eigenvalue weighted by atomic mass is 19.4. The second kappa shape index (κ2) is 9.08. The second-order valence-electron chi connectivity index (χ2n) is 5.88. The number of hydrogen-bond donors (Lipinski definition) is 1. The summed E-state index contributed by atoms with van der Waals surface area (Å²) in [4.78, 5) is 12.0. The molecule has 142 valence electrons. The van der Waals surface area contributed by atoms with Crippen LogP contribution in [0.4, 0.5) is 13.2 Å². The number of benzene rings is 1. The van der Waals surface area contributed by atoms with Gasteiger partial charge in [-0.2, -0.15) is 13.2 Å². The predicted octanol–water partition coefficient (Wildman–Crippen LogP) is 3.90. The number of rotatable bonds is 9. The lowest BCUT2D eigenvalue weighted by atomic mass is 9.79. The molecule has 0 aliphatic heterocycles. The number of methoxy groups -OCH3 is 1. The van der Waals surface area contributed by atoms with Crippen molar-refractivity contribution in [1.29, 1.82) is 0 Å². The Labute approximate surface area is 145 Å². The molecule has 2 atom stereocenters. The van der Waals surface area contributed by atoms with E-state index in [1.165, 1.54) is 14.0 Å². The average Bonchev–Trinajstić information content (AvgIpc) is 2.57. The van der Waals surface area contributed by atoms with E-state index in [1.807, 2.05) is 6.92 Å². The molecule has 0 bridgehead atoms. The topological polar surface area (TPSA) is 55.8 Å². The van der Waals surface area contributed by atoms with Gasteiger partial charge in [0.1, 0.15) is 5.75 Å². The Kier molecular flexibility index (Phi) is 7.73. The standard InChI is InChI=1S/C18H25F3O4/c1-4-6-7-14(12-13-8-10-15(24-3)11-9-13)17(23,18(19,20)21)16(22)25-5-2/h8-11,14,23H,4-7,12H2,1-3H3/t14-,17-/m1/s1. The van der Waals surface area contributed by atoms with Gasteiger partial charge in [-0.25, -0.2) is 4.79 Å². The molecule has 0 radical (unpaired) electrons. The minimum Gasteiger partial charge on any atom is -0.497 e. The molecule has 0 amide bonds. The van der Waals surface area contributed by atoms with E-state index >= 15 is 0 Å². The summed E-state index contributed by atoms with van der Waals surface area (Å²) in [6, 6.07) is 6.51. The van der Waals surface area contributed by atoms with E-state index in [-0.39, 0.29) is 19.4 Å². The maximum atomic E-state index is 13.6. The van der Waals surface area contributed by atoms with E-state index in [9.17, 15) is 23.1 Å². The molecule has 0 fully saturated rings. The van der Waals surface area contributed by atoms with Crippen LogP contribution in [0.15, 0.2) is 24.3 Å². The highest BCUT2D eigenvalue weighted by molar-refractivity contribution is 5.81. The van der Waals surface area contributed by atoms with Crippen LogP contribution in [0.3, 0.4) is 0 Å². The molecule has 0 saturated heterocycles. The molecule has 0 spiro atoms. The van der Waals surface area contributed by atoms with E-state index in [0.717, 1.165) is 0 Å². The zero-order valence-corrected chi connectivity index (χ0v) is 14.7. The van der Waals surface area contributed by atoms with Crippen molar-refractivity contribution in [1.82, 2.24) is 0 Å². The van der Waals surface area contributed by atoms with E-state index in [0.29, 0.717) is 24.2 Å². The molecule has 7 heteroatoms. The van der Waals surface area contributed by atoms with Gasteiger partial charge in [0.05, 0.1) is 13.7 Å². The predicted molar refractivity (Wildman–Crippen MR) is 87.4 cm³/mol. The third-order valence-electron chi connectivity index (χ3n) is 4.16. The normalized spacial score (nSPS) is 15.3. The Bertz CT molecular complexity index is 542. The Hall–Kier alpha value is -1.76. The van der Waals surface area contributed by atoms with Gasteiger partial charge < -0.3 is 14.6 Å². The minimum absolute atomic E-state index is 0.0529. The van der Waals surface area contributed by atoms with Gasteiger partial charge in [0.15, 0.2) is 0 Å². The van der Waals surface area contributed by atoms with Crippen molar-refractivity contribution < 1.29 is 32.5 Å². The summed E-state index contributed by atoms with van der Waals surface area (Å²) >= 11 is 0. The zero-order chi connectivity index (χ0) is 19.1. The highest BCUT2D eigenvalue weighted by Gasteiger charge is 2.64. The van der Waals surface area contributed by atoms with Gasteiger partial charge in [-0.3, -0.25) is 0 Å². The molecule has 1 N–H and O–H groups in total. The van der Waals surface area contributed by atoms with Crippen LogP contribution < -0.4 is 4.74 Å². The van der Waals surface area contributed by atoms with Gasteiger partial charge in [-0.1, -0.05) is 31.9 Å². The Morgan fingerprint density at radius 2 is 1.80 bits per heavy atom. The monoisotopic (exact) mass is 362 g/mol. The summed E-state index contributed by atoms with van der Waals surface area (Å²) in [6.45, 7) is 3.00. The molecule has 0 aliphatic carbocycles. The van der Waals surface area contributed by atoms with Crippen molar-refractivity contribution in [2.75, 3.05) is 13.7 Å². The lowest BCUT2D eigenvalue weighted by Crippen LogP contribution is -2.58. The molecule has 4 nitrogen and oxygen atoms in total. The van der Waals surface area contributed by atoms with Crippen molar-refractivity contribution in [2.24, 2.45) is 5.92 Å². The first-order valence-corrected chi connectivity index (χ1v) is 8.29. The number of carbonyl (C=O) groups is 1. The fraction of sp³-hybridized carbons (Fsp3) is 0.611.